The molecular formula is C15H21NO3. The maximum Gasteiger partial charge on any atom is 0.169 e. The lowest BCUT2D eigenvalue weighted by Crippen LogP contribution is -2.33. The number of nitrogen functional groups attached to an aromatic ring is 1. The van der Waals surface area contributed by atoms with Crippen LogP contribution in [0.25, 0.3) is 0 Å². The number of para-hydroxylation sites is 1. The maximum atomic E-state index is 9.56. The molecule has 1 aromatic carbocycles. The summed E-state index contributed by atoms with van der Waals surface area (Å²) in [5.74, 6) is -0.501. The van der Waals surface area contributed by atoms with Gasteiger partial charge in [-0.25, -0.2) is 0 Å². The van der Waals surface area contributed by atoms with E-state index in [9.17, 15) is 5.11 Å². The molecule has 3 N–H and O–H groups in total. The summed E-state index contributed by atoms with van der Waals surface area (Å²) in [4.78, 5) is 0. The summed E-state index contributed by atoms with van der Waals surface area (Å²) < 4.78 is 12.2. The number of hydrogen-bond acceptors (Lipinski definition) is 4. The highest BCUT2D eigenvalue weighted by Gasteiger charge is 2.48. The zero-order valence-corrected chi connectivity index (χ0v) is 11.0. The van der Waals surface area contributed by atoms with Crippen LogP contribution in [-0.4, -0.2) is 23.6 Å². The number of benzene rings is 1. The monoisotopic (exact) mass is 263 g/mol. The fraction of sp³-hybridized carbons (Fsp3) is 0.600. The normalized spacial score (nSPS) is 29.7. The first-order valence-electron chi connectivity index (χ1n) is 7.05. The first-order valence-corrected chi connectivity index (χ1v) is 7.05. The third-order valence-electron chi connectivity index (χ3n) is 4.14. The second kappa shape index (κ2) is 5.12. The van der Waals surface area contributed by atoms with Crippen molar-refractivity contribution in [3.05, 3.63) is 29.8 Å². The highest BCUT2D eigenvalue weighted by Crippen LogP contribution is 2.46. The number of ether oxygens (including phenoxy) is 2. The minimum absolute atomic E-state index is 0.0409. The third-order valence-corrected chi connectivity index (χ3v) is 4.14. The molecule has 2 atom stereocenters. The van der Waals surface area contributed by atoms with E-state index >= 15 is 0 Å². The lowest BCUT2D eigenvalue weighted by atomic mass is 9.94. The second-order valence-corrected chi connectivity index (χ2v) is 5.48. The summed E-state index contributed by atoms with van der Waals surface area (Å²) in [6.07, 6.45) is 4.72. The Hall–Kier alpha value is -1.10. The van der Waals surface area contributed by atoms with E-state index in [4.69, 9.17) is 15.2 Å². The van der Waals surface area contributed by atoms with Gasteiger partial charge in [0.15, 0.2) is 5.79 Å². The molecule has 3 rings (SSSR count). The van der Waals surface area contributed by atoms with Crippen LogP contribution in [0, 0.1) is 0 Å². The van der Waals surface area contributed by atoms with Gasteiger partial charge >= 0.3 is 0 Å². The average molecular weight is 263 g/mol. The SMILES string of the molecule is Nc1ccccc1C1OC2(CCCCC2)O[C@@H]1CO. The van der Waals surface area contributed by atoms with Gasteiger partial charge in [-0.15, -0.1) is 0 Å². The number of anilines is 1. The summed E-state index contributed by atoms with van der Waals surface area (Å²) >= 11 is 0. The number of nitrogens with two attached hydrogens (primary N) is 1. The quantitative estimate of drug-likeness (QED) is 0.804. The van der Waals surface area contributed by atoms with E-state index in [1.54, 1.807) is 0 Å². The maximum absolute atomic E-state index is 9.56. The van der Waals surface area contributed by atoms with Crippen molar-refractivity contribution in [1.29, 1.82) is 0 Å². The molecule has 2 fully saturated rings. The van der Waals surface area contributed by atoms with Gasteiger partial charge in [0.2, 0.25) is 0 Å². The van der Waals surface area contributed by atoms with Crippen LogP contribution in [0.1, 0.15) is 43.8 Å². The topological polar surface area (TPSA) is 64.7 Å². The minimum Gasteiger partial charge on any atom is -0.398 e. The molecule has 104 valence electrons. The fourth-order valence-electron chi connectivity index (χ4n) is 3.17. The molecule has 4 heteroatoms. The molecule has 1 aliphatic heterocycles. The molecule has 1 spiro atoms. The average Bonchev–Trinajstić information content (AvgIpc) is 2.78. The summed E-state index contributed by atoms with van der Waals surface area (Å²) in [7, 11) is 0. The largest absolute Gasteiger partial charge is 0.398 e. The second-order valence-electron chi connectivity index (χ2n) is 5.48. The van der Waals surface area contributed by atoms with Crippen molar-refractivity contribution in [2.75, 3.05) is 12.3 Å². The smallest absolute Gasteiger partial charge is 0.169 e. The Labute approximate surface area is 113 Å². The van der Waals surface area contributed by atoms with Gasteiger partial charge in [0.25, 0.3) is 0 Å². The zero-order chi connectivity index (χ0) is 13.3. The van der Waals surface area contributed by atoms with Crippen molar-refractivity contribution < 1.29 is 14.6 Å². The van der Waals surface area contributed by atoms with E-state index in [1.165, 1.54) is 6.42 Å². The van der Waals surface area contributed by atoms with E-state index in [1.807, 2.05) is 24.3 Å². The molecule has 1 unspecified atom stereocenters. The Morgan fingerprint density at radius 1 is 1.16 bits per heavy atom. The van der Waals surface area contributed by atoms with Crippen molar-refractivity contribution in [3.8, 4) is 0 Å². The van der Waals surface area contributed by atoms with Crippen molar-refractivity contribution in [2.45, 2.75) is 50.1 Å². The van der Waals surface area contributed by atoms with Crippen LogP contribution in [0.5, 0.6) is 0 Å². The summed E-state index contributed by atoms with van der Waals surface area (Å²) in [5.41, 5.74) is 7.64. The van der Waals surface area contributed by atoms with E-state index in [0.717, 1.165) is 31.2 Å². The van der Waals surface area contributed by atoms with Crippen LogP contribution in [0.4, 0.5) is 5.69 Å². The van der Waals surface area contributed by atoms with Gasteiger partial charge in [0, 0.05) is 24.1 Å². The first-order chi connectivity index (χ1) is 9.24. The number of rotatable bonds is 2. The molecule has 1 aromatic rings. The van der Waals surface area contributed by atoms with Gasteiger partial charge in [-0.2, -0.15) is 0 Å². The van der Waals surface area contributed by atoms with Crippen molar-refractivity contribution in [2.24, 2.45) is 0 Å². The molecule has 4 nitrogen and oxygen atoms in total. The van der Waals surface area contributed by atoms with Crippen LogP contribution >= 0.6 is 0 Å². The van der Waals surface area contributed by atoms with Gasteiger partial charge in [0.05, 0.1) is 6.61 Å². The first kappa shape index (κ1) is 12.9. The zero-order valence-electron chi connectivity index (χ0n) is 11.0. The fourth-order valence-corrected chi connectivity index (χ4v) is 3.17. The van der Waals surface area contributed by atoms with Gasteiger partial charge in [-0.05, 0) is 18.9 Å². The number of aliphatic hydroxyl groups is 1. The highest BCUT2D eigenvalue weighted by molar-refractivity contribution is 5.48. The molecule has 19 heavy (non-hydrogen) atoms. The predicted molar refractivity (Wildman–Crippen MR) is 72.5 cm³/mol. The van der Waals surface area contributed by atoms with Crippen LogP contribution in [0.2, 0.25) is 0 Å². The van der Waals surface area contributed by atoms with E-state index in [-0.39, 0.29) is 18.8 Å². The number of aliphatic hydroxyl groups excluding tert-OH is 1. The molecular weight excluding hydrogens is 242 g/mol. The molecule has 1 heterocycles. The molecule has 0 bridgehead atoms. The Kier molecular flexibility index (Phi) is 3.48. The van der Waals surface area contributed by atoms with Crippen LogP contribution in [0.15, 0.2) is 24.3 Å². The summed E-state index contributed by atoms with van der Waals surface area (Å²) in [5, 5.41) is 9.56. The third kappa shape index (κ3) is 2.36. The Bertz CT molecular complexity index is 443. The van der Waals surface area contributed by atoms with Crippen LogP contribution in [-0.2, 0) is 9.47 Å². The molecule has 0 aromatic heterocycles. The molecule has 1 saturated carbocycles. The summed E-state index contributed by atoms with van der Waals surface area (Å²) in [6.45, 7) is -0.0409. The van der Waals surface area contributed by atoms with Gasteiger partial charge in [0.1, 0.15) is 12.2 Å². The minimum atomic E-state index is -0.501. The van der Waals surface area contributed by atoms with Crippen LogP contribution in [0.3, 0.4) is 0 Å². The molecule has 1 saturated heterocycles. The Morgan fingerprint density at radius 2 is 1.89 bits per heavy atom. The van der Waals surface area contributed by atoms with E-state index in [2.05, 4.69) is 0 Å². The van der Waals surface area contributed by atoms with Gasteiger partial charge in [-0.1, -0.05) is 24.6 Å². The Balaban J connectivity index is 1.87. The molecule has 0 amide bonds. The standard InChI is InChI=1S/C15H21NO3/c16-12-7-3-2-6-11(12)14-13(10-17)18-15(19-14)8-4-1-5-9-15/h2-3,6-7,13-14,17H,1,4-5,8-10,16H2/t13-,14?/m1/s1. The number of hydrogen-bond donors (Lipinski definition) is 2. The molecule has 1 aliphatic carbocycles. The van der Waals surface area contributed by atoms with E-state index < -0.39 is 5.79 Å². The lowest BCUT2D eigenvalue weighted by molar-refractivity contribution is -0.196. The molecule has 2 aliphatic rings. The van der Waals surface area contributed by atoms with Crippen LogP contribution < -0.4 is 5.73 Å². The van der Waals surface area contributed by atoms with Crippen molar-refractivity contribution in [1.82, 2.24) is 0 Å². The summed E-state index contributed by atoms with van der Waals surface area (Å²) in [6, 6.07) is 7.65. The Morgan fingerprint density at radius 3 is 2.58 bits per heavy atom. The van der Waals surface area contributed by atoms with E-state index in [0.29, 0.717) is 5.69 Å². The van der Waals surface area contributed by atoms with Crippen molar-refractivity contribution >= 4 is 5.69 Å². The molecule has 0 radical (unpaired) electrons. The van der Waals surface area contributed by atoms with Crippen molar-refractivity contribution in [3.63, 3.8) is 0 Å². The lowest BCUT2D eigenvalue weighted by Gasteiger charge is -2.32. The predicted octanol–water partition coefficient (Wildman–Crippen LogP) is 2.38. The van der Waals surface area contributed by atoms with Gasteiger partial charge < -0.3 is 20.3 Å². The van der Waals surface area contributed by atoms with Gasteiger partial charge in [-0.3, -0.25) is 0 Å². The highest BCUT2D eigenvalue weighted by atomic mass is 16.8.